The van der Waals surface area contributed by atoms with Crippen molar-refractivity contribution >= 4 is 22.6 Å². The first-order valence-electron chi connectivity index (χ1n) is 10.3. The topological polar surface area (TPSA) is 58.6 Å². The minimum atomic E-state index is -4.41. The van der Waals surface area contributed by atoms with E-state index in [1.165, 1.54) is 6.07 Å². The van der Waals surface area contributed by atoms with Crippen molar-refractivity contribution in [2.45, 2.75) is 19.5 Å². The van der Waals surface area contributed by atoms with Crippen LogP contribution in [0.1, 0.15) is 28.0 Å². The van der Waals surface area contributed by atoms with Crippen molar-refractivity contribution in [1.82, 2.24) is 14.9 Å². The summed E-state index contributed by atoms with van der Waals surface area (Å²) in [5.74, 6) is 1.06. The zero-order valence-corrected chi connectivity index (χ0v) is 17.8. The average Bonchev–Trinajstić information content (AvgIpc) is 3.04. The van der Waals surface area contributed by atoms with Crippen LogP contribution in [0.5, 0.6) is 5.75 Å². The van der Waals surface area contributed by atoms with Crippen LogP contribution in [0.2, 0.25) is 0 Å². The van der Waals surface area contributed by atoms with Crippen molar-refractivity contribution in [1.29, 1.82) is 0 Å². The number of hydrogen-bond acceptors (Lipinski definition) is 5. The van der Waals surface area contributed by atoms with Gasteiger partial charge in [0.05, 0.1) is 29.4 Å². The number of benzene rings is 1. The lowest BCUT2D eigenvalue weighted by Crippen LogP contribution is -2.35. The fourth-order valence-corrected chi connectivity index (χ4v) is 3.86. The number of fused-ring (bicyclic) bond motifs is 1. The van der Waals surface area contributed by atoms with E-state index < -0.39 is 11.7 Å². The predicted molar refractivity (Wildman–Crippen MR) is 115 cm³/mol. The maximum absolute atomic E-state index is 13.3. The van der Waals surface area contributed by atoms with Crippen LogP contribution in [0.15, 0.2) is 42.6 Å². The molecule has 0 radical (unpaired) electrons. The Bertz CT molecular complexity index is 1130. The van der Waals surface area contributed by atoms with E-state index in [1.54, 1.807) is 12.0 Å². The highest BCUT2D eigenvalue weighted by atomic mass is 19.4. The molecule has 1 aromatic carbocycles. The van der Waals surface area contributed by atoms with Crippen molar-refractivity contribution in [3.8, 4) is 5.75 Å². The van der Waals surface area contributed by atoms with E-state index in [4.69, 9.17) is 4.74 Å². The van der Waals surface area contributed by atoms with Crippen molar-refractivity contribution in [3.63, 3.8) is 0 Å². The highest BCUT2D eigenvalue weighted by Crippen LogP contribution is 2.29. The molecule has 6 nitrogen and oxygen atoms in total. The van der Waals surface area contributed by atoms with Crippen LogP contribution in [-0.4, -0.2) is 54.1 Å². The molecule has 9 heteroatoms. The van der Waals surface area contributed by atoms with E-state index in [1.807, 2.05) is 36.1 Å². The Hall–Kier alpha value is -3.36. The lowest BCUT2D eigenvalue weighted by Gasteiger charge is -2.23. The monoisotopic (exact) mass is 444 g/mol. The van der Waals surface area contributed by atoms with Gasteiger partial charge < -0.3 is 14.5 Å². The molecule has 1 aliphatic heterocycles. The summed E-state index contributed by atoms with van der Waals surface area (Å²) >= 11 is 0. The Kier molecular flexibility index (Phi) is 5.90. The Morgan fingerprint density at radius 1 is 1.06 bits per heavy atom. The summed E-state index contributed by atoms with van der Waals surface area (Å²) in [4.78, 5) is 25.5. The number of rotatable bonds is 3. The van der Waals surface area contributed by atoms with Crippen LogP contribution in [0.25, 0.3) is 10.9 Å². The first kappa shape index (κ1) is 21.9. The molecule has 1 fully saturated rings. The van der Waals surface area contributed by atoms with E-state index in [-0.39, 0.29) is 5.91 Å². The van der Waals surface area contributed by atoms with E-state index in [9.17, 15) is 18.0 Å². The Labute approximate surface area is 183 Å². The number of hydrogen-bond donors (Lipinski definition) is 0. The lowest BCUT2D eigenvalue weighted by molar-refractivity contribution is -0.137. The number of carbonyl (C=O) groups is 1. The normalized spacial score (nSPS) is 15.0. The summed E-state index contributed by atoms with van der Waals surface area (Å²) in [6.07, 6.45) is -2.88. The first-order chi connectivity index (χ1) is 15.3. The SMILES string of the molecule is COc1ccc2nc(C)c(C(=O)N3CCCN(c4ccc(C(F)(F)F)cn4)CC3)cc2c1. The largest absolute Gasteiger partial charge is 0.497 e. The van der Waals surface area contributed by atoms with Crippen molar-refractivity contribution in [2.75, 3.05) is 38.2 Å². The molecule has 0 unspecified atom stereocenters. The van der Waals surface area contributed by atoms with Crippen LogP contribution in [0.4, 0.5) is 19.0 Å². The number of amides is 1. The number of methoxy groups -OCH3 is 1. The van der Waals surface area contributed by atoms with Gasteiger partial charge in [0.15, 0.2) is 0 Å². The number of aryl methyl sites for hydroxylation is 1. The summed E-state index contributed by atoms with van der Waals surface area (Å²) in [5.41, 5.74) is 1.20. The standard InChI is InChI=1S/C23H23F3N4O2/c1-15-19(13-16-12-18(32-2)5-6-20(16)28-15)22(31)30-9-3-8-29(10-11-30)21-7-4-17(14-27-21)23(24,25)26/h4-7,12-14H,3,8-11H2,1-2H3. The molecule has 0 saturated carbocycles. The average molecular weight is 444 g/mol. The van der Waals surface area contributed by atoms with Gasteiger partial charge in [-0.25, -0.2) is 4.98 Å². The molecular formula is C23H23F3N4O2. The van der Waals surface area contributed by atoms with Crippen molar-refractivity contribution < 1.29 is 22.7 Å². The third kappa shape index (κ3) is 4.46. The second kappa shape index (κ2) is 8.64. The molecule has 0 spiro atoms. The van der Waals surface area contributed by atoms with Gasteiger partial charge in [0.25, 0.3) is 5.91 Å². The molecule has 0 N–H and O–H groups in total. The second-order valence-electron chi connectivity index (χ2n) is 7.72. The maximum Gasteiger partial charge on any atom is 0.417 e. The number of nitrogens with zero attached hydrogens (tertiary/aromatic N) is 4. The molecule has 1 amide bonds. The zero-order chi connectivity index (χ0) is 22.9. The van der Waals surface area contributed by atoms with Gasteiger partial charge in [-0.3, -0.25) is 9.78 Å². The second-order valence-corrected chi connectivity index (χ2v) is 7.72. The van der Waals surface area contributed by atoms with E-state index in [0.29, 0.717) is 55.4 Å². The number of ether oxygens (including phenoxy) is 1. The van der Waals surface area contributed by atoms with Gasteiger partial charge in [-0.1, -0.05) is 0 Å². The van der Waals surface area contributed by atoms with Gasteiger partial charge >= 0.3 is 6.18 Å². The third-order valence-corrected chi connectivity index (χ3v) is 5.63. The number of alkyl halides is 3. The molecule has 1 aliphatic rings. The number of aromatic nitrogens is 2. The van der Waals surface area contributed by atoms with Crippen LogP contribution < -0.4 is 9.64 Å². The van der Waals surface area contributed by atoms with Gasteiger partial charge in [-0.05, 0) is 49.7 Å². The summed E-state index contributed by atoms with van der Waals surface area (Å²) in [6, 6.07) is 9.78. The van der Waals surface area contributed by atoms with Crippen LogP contribution >= 0.6 is 0 Å². The molecule has 0 atom stereocenters. The van der Waals surface area contributed by atoms with Gasteiger partial charge in [0.1, 0.15) is 11.6 Å². The Morgan fingerprint density at radius 2 is 1.88 bits per heavy atom. The van der Waals surface area contributed by atoms with Gasteiger partial charge in [-0.15, -0.1) is 0 Å². The fourth-order valence-electron chi connectivity index (χ4n) is 3.86. The Morgan fingerprint density at radius 3 is 2.56 bits per heavy atom. The van der Waals surface area contributed by atoms with Crippen LogP contribution in [-0.2, 0) is 6.18 Å². The Balaban J connectivity index is 1.50. The fraction of sp³-hybridized carbons (Fsp3) is 0.348. The third-order valence-electron chi connectivity index (χ3n) is 5.63. The smallest absolute Gasteiger partial charge is 0.417 e. The summed E-state index contributed by atoms with van der Waals surface area (Å²) in [5, 5.41) is 0.823. The predicted octanol–water partition coefficient (Wildman–Crippen LogP) is 4.32. The minimum Gasteiger partial charge on any atom is -0.497 e. The number of carbonyl (C=O) groups excluding carboxylic acids is 1. The molecule has 32 heavy (non-hydrogen) atoms. The van der Waals surface area contributed by atoms with E-state index in [0.717, 1.165) is 23.2 Å². The molecular weight excluding hydrogens is 421 g/mol. The first-order valence-corrected chi connectivity index (χ1v) is 10.3. The van der Waals surface area contributed by atoms with Crippen LogP contribution in [0, 0.1) is 6.92 Å². The molecule has 2 aromatic heterocycles. The molecule has 3 aromatic rings. The van der Waals surface area contributed by atoms with Crippen molar-refractivity contribution in [2.24, 2.45) is 0 Å². The number of halogens is 3. The number of anilines is 1. The van der Waals surface area contributed by atoms with Gasteiger partial charge in [0.2, 0.25) is 0 Å². The van der Waals surface area contributed by atoms with E-state index in [2.05, 4.69) is 9.97 Å². The maximum atomic E-state index is 13.3. The molecule has 4 rings (SSSR count). The zero-order valence-electron chi connectivity index (χ0n) is 17.8. The molecule has 168 valence electrons. The molecule has 3 heterocycles. The summed E-state index contributed by atoms with van der Waals surface area (Å²) in [7, 11) is 1.59. The van der Waals surface area contributed by atoms with E-state index >= 15 is 0 Å². The highest BCUT2D eigenvalue weighted by Gasteiger charge is 2.31. The quantitative estimate of drug-likeness (QED) is 0.602. The molecule has 0 bridgehead atoms. The lowest BCUT2D eigenvalue weighted by atomic mass is 10.1. The molecule has 0 aliphatic carbocycles. The summed E-state index contributed by atoms with van der Waals surface area (Å²) < 4.78 is 43.6. The summed E-state index contributed by atoms with van der Waals surface area (Å²) in [6.45, 7) is 3.89. The van der Waals surface area contributed by atoms with Gasteiger partial charge in [0, 0.05) is 37.8 Å². The minimum absolute atomic E-state index is 0.109. The van der Waals surface area contributed by atoms with Crippen LogP contribution in [0.3, 0.4) is 0 Å². The van der Waals surface area contributed by atoms with Gasteiger partial charge in [-0.2, -0.15) is 13.2 Å². The number of pyridine rings is 2. The highest BCUT2D eigenvalue weighted by molar-refractivity contribution is 5.98. The van der Waals surface area contributed by atoms with Crippen molar-refractivity contribution in [3.05, 3.63) is 59.4 Å². The molecule has 1 saturated heterocycles.